The van der Waals surface area contributed by atoms with Crippen molar-refractivity contribution in [3.05, 3.63) is 24.3 Å². The van der Waals surface area contributed by atoms with Crippen molar-refractivity contribution in [2.75, 3.05) is 5.75 Å². The Morgan fingerprint density at radius 2 is 2.16 bits per heavy atom. The van der Waals surface area contributed by atoms with E-state index < -0.39 is 5.97 Å². The third-order valence-corrected chi connectivity index (χ3v) is 3.48. The Bertz CT molecular complexity index is 756. The van der Waals surface area contributed by atoms with Crippen LogP contribution in [0.3, 0.4) is 0 Å². The number of aliphatic carboxylic acids is 1. The highest BCUT2D eigenvalue weighted by atomic mass is 32.2. The van der Waals surface area contributed by atoms with E-state index in [1.165, 1.54) is 11.8 Å². The van der Waals surface area contributed by atoms with E-state index in [0.717, 1.165) is 16.4 Å². The summed E-state index contributed by atoms with van der Waals surface area (Å²) in [6.07, 6.45) is -0.0290. The number of nitrogens with zero attached hydrogens (tertiary/aromatic N) is 3. The third-order valence-electron chi connectivity index (χ3n) is 2.64. The maximum Gasteiger partial charge on any atom is 0.211 e. The molecule has 0 aliphatic rings. The van der Waals surface area contributed by atoms with Crippen LogP contribution in [0.1, 0.15) is 6.42 Å². The van der Waals surface area contributed by atoms with Gasteiger partial charge in [-0.05, 0) is 12.5 Å². The SMILES string of the molecule is O=C([O-])CCSc1nnc2c(n1)[nH]c1ccccc12. The fraction of sp³-hybridized carbons (Fsp3) is 0.167. The summed E-state index contributed by atoms with van der Waals surface area (Å²) in [4.78, 5) is 17.8. The van der Waals surface area contributed by atoms with E-state index in [0.29, 0.717) is 16.6 Å². The van der Waals surface area contributed by atoms with Gasteiger partial charge in [-0.3, -0.25) is 0 Å². The first-order chi connectivity index (χ1) is 9.24. The van der Waals surface area contributed by atoms with Gasteiger partial charge in [0, 0.05) is 22.6 Å². The molecule has 1 N–H and O–H groups in total. The lowest BCUT2D eigenvalue weighted by Gasteiger charge is -2.00. The first kappa shape index (κ1) is 11.9. The summed E-state index contributed by atoms with van der Waals surface area (Å²) in [5.41, 5.74) is 2.34. The van der Waals surface area contributed by atoms with Crippen LogP contribution < -0.4 is 5.11 Å². The van der Waals surface area contributed by atoms with Crippen molar-refractivity contribution in [3.63, 3.8) is 0 Å². The van der Waals surface area contributed by atoms with Crippen LogP contribution in [0.25, 0.3) is 22.1 Å². The van der Waals surface area contributed by atoms with Gasteiger partial charge in [-0.25, -0.2) is 4.98 Å². The lowest BCUT2D eigenvalue weighted by atomic mass is 10.2. The number of rotatable bonds is 4. The van der Waals surface area contributed by atoms with Gasteiger partial charge in [-0.1, -0.05) is 30.0 Å². The smallest absolute Gasteiger partial charge is 0.211 e. The molecule has 0 aliphatic carbocycles. The summed E-state index contributed by atoms with van der Waals surface area (Å²) in [7, 11) is 0. The summed E-state index contributed by atoms with van der Waals surface area (Å²) in [5, 5.41) is 19.9. The Hall–Kier alpha value is -2.15. The molecule has 2 aromatic heterocycles. The summed E-state index contributed by atoms with van der Waals surface area (Å²) in [5.74, 6) is -0.706. The topological polar surface area (TPSA) is 94.6 Å². The molecular weight excluding hydrogens is 264 g/mol. The average molecular weight is 273 g/mol. The zero-order valence-electron chi connectivity index (χ0n) is 9.79. The Kier molecular flexibility index (Phi) is 3.04. The number of fused-ring (bicyclic) bond motifs is 3. The number of carboxylic acids is 1. The van der Waals surface area contributed by atoms with Gasteiger partial charge >= 0.3 is 0 Å². The molecule has 3 rings (SSSR count). The van der Waals surface area contributed by atoms with E-state index in [9.17, 15) is 9.90 Å². The highest BCUT2D eigenvalue weighted by Gasteiger charge is 2.08. The second-order valence-corrected chi connectivity index (χ2v) is 4.99. The van der Waals surface area contributed by atoms with E-state index in [4.69, 9.17) is 0 Å². The van der Waals surface area contributed by atoms with E-state index in [-0.39, 0.29) is 6.42 Å². The summed E-state index contributed by atoms with van der Waals surface area (Å²) in [6.45, 7) is 0. The number of para-hydroxylation sites is 1. The summed E-state index contributed by atoms with van der Waals surface area (Å²) < 4.78 is 0. The number of benzene rings is 1. The molecule has 2 heterocycles. The number of nitrogens with one attached hydrogen (secondary N) is 1. The van der Waals surface area contributed by atoms with E-state index in [2.05, 4.69) is 20.2 Å². The summed E-state index contributed by atoms with van der Waals surface area (Å²) in [6, 6.07) is 7.76. The van der Waals surface area contributed by atoms with Crippen LogP contribution in [-0.4, -0.2) is 31.9 Å². The lowest BCUT2D eigenvalue weighted by Crippen LogP contribution is -2.22. The van der Waals surface area contributed by atoms with Crippen LogP contribution >= 0.6 is 11.8 Å². The largest absolute Gasteiger partial charge is 0.550 e. The number of aromatic nitrogens is 4. The van der Waals surface area contributed by atoms with E-state index >= 15 is 0 Å². The second kappa shape index (κ2) is 4.85. The molecule has 0 spiro atoms. The number of carbonyl (C=O) groups is 1. The fourth-order valence-corrected chi connectivity index (χ4v) is 2.50. The van der Waals surface area contributed by atoms with Crippen LogP contribution in [0.5, 0.6) is 0 Å². The Labute approximate surface area is 112 Å². The molecule has 1 aromatic carbocycles. The van der Waals surface area contributed by atoms with Gasteiger partial charge in [-0.2, -0.15) is 0 Å². The molecule has 0 saturated heterocycles. The molecule has 0 aliphatic heterocycles. The quantitative estimate of drug-likeness (QED) is 0.704. The fourth-order valence-electron chi connectivity index (χ4n) is 1.79. The predicted octanol–water partition coefficient (Wildman–Crippen LogP) is 0.738. The minimum atomic E-state index is -1.08. The van der Waals surface area contributed by atoms with Crippen molar-refractivity contribution < 1.29 is 9.90 Å². The Morgan fingerprint density at radius 1 is 1.32 bits per heavy atom. The van der Waals surface area contributed by atoms with Crippen LogP contribution in [-0.2, 0) is 4.79 Å². The van der Waals surface area contributed by atoms with E-state index in [1.54, 1.807) is 0 Å². The highest BCUT2D eigenvalue weighted by Crippen LogP contribution is 2.23. The number of aromatic amines is 1. The van der Waals surface area contributed by atoms with Gasteiger partial charge in [0.15, 0.2) is 5.65 Å². The van der Waals surface area contributed by atoms with Gasteiger partial charge < -0.3 is 14.9 Å². The molecular formula is C12H9N4O2S-. The van der Waals surface area contributed by atoms with Gasteiger partial charge in [0.25, 0.3) is 0 Å². The standard InChI is InChI=1S/C12H10N4O2S/c17-9(18)5-6-19-12-14-11-10(15-16-12)7-3-1-2-4-8(7)13-11/h1-4H,5-6H2,(H,17,18)(H,13,14,16)/p-1. The zero-order chi connectivity index (χ0) is 13.2. The van der Waals surface area contributed by atoms with E-state index in [1.807, 2.05) is 24.3 Å². The normalized spacial score (nSPS) is 11.2. The summed E-state index contributed by atoms with van der Waals surface area (Å²) >= 11 is 1.25. The first-order valence-electron chi connectivity index (χ1n) is 5.68. The van der Waals surface area contributed by atoms with Crippen molar-refractivity contribution in [2.24, 2.45) is 0 Å². The number of thioether (sulfide) groups is 1. The molecule has 0 amide bonds. The lowest BCUT2D eigenvalue weighted by molar-refractivity contribution is -0.305. The molecule has 0 atom stereocenters. The van der Waals surface area contributed by atoms with Gasteiger partial charge in [-0.15, -0.1) is 10.2 Å². The number of carboxylic acid groups (broad SMARTS) is 1. The molecule has 6 nitrogen and oxygen atoms in total. The molecule has 96 valence electrons. The predicted molar refractivity (Wildman–Crippen MR) is 69.5 cm³/mol. The number of hydrogen-bond donors (Lipinski definition) is 1. The minimum absolute atomic E-state index is 0.0290. The first-order valence-corrected chi connectivity index (χ1v) is 6.66. The molecule has 0 radical (unpaired) electrons. The van der Waals surface area contributed by atoms with Crippen LogP contribution in [0.2, 0.25) is 0 Å². The van der Waals surface area contributed by atoms with Crippen molar-refractivity contribution in [1.82, 2.24) is 20.2 Å². The molecule has 0 fully saturated rings. The van der Waals surface area contributed by atoms with Crippen LogP contribution in [0.4, 0.5) is 0 Å². The van der Waals surface area contributed by atoms with Gasteiger partial charge in [0.05, 0.1) is 0 Å². The number of carbonyl (C=O) groups excluding carboxylic acids is 1. The average Bonchev–Trinajstić information content (AvgIpc) is 2.76. The molecule has 7 heteroatoms. The van der Waals surface area contributed by atoms with Crippen molar-refractivity contribution in [1.29, 1.82) is 0 Å². The maximum absolute atomic E-state index is 10.3. The van der Waals surface area contributed by atoms with Gasteiger partial charge in [0.1, 0.15) is 5.52 Å². The van der Waals surface area contributed by atoms with Crippen molar-refractivity contribution >= 4 is 39.8 Å². The monoisotopic (exact) mass is 273 g/mol. The minimum Gasteiger partial charge on any atom is -0.550 e. The van der Waals surface area contributed by atoms with Crippen LogP contribution in [0, 0.1) is 0 Å². The highest BCUT2D eigenvalue weighted by molar-refractivity contribution is 7.99. The zero-order valence-corrected chi connectivity index (χ0v) is 10.6. The Balaban J connectivity index is 1.92. The molecule has 0 bridgehead atoms. The molecule has 19 heavy (non-hydrogen) atoms. The van der Waals surface area contributed by atoms with Crippen LogP contribution in [0.15, 0.2) is 29.4 Å². The third kappa shape index (κ3) is 2.37. The second-order valence-electron chi connectivity index (χ2n) is 3.93. The maximum atomic E-state index is 10.3. The molecule has 3 aromatic rings. The molecule has 0 unspecified atom stereocenters. The van der Waals surface area contributed by atoms with Crippen molar-refractivity contribution in [2.45, 2.75) is 11.6 Å². The Morgan fingerprint density at radius 3 is 3.00 bits per heavy atom. The number of H-pyrrole nitrogens is 1. The van der Waals surface area contributed by atoms with Gasteiger partial charge in [0.2, 0.25) is 5.16 Å². The molecule has 0 saturated carbocycles. The number of hydrogen-bond acceptors (Lipinski definition) is 6. The van der Waals surface area contributed by atoms with Crippen molar-refractivity contribution in [3.8, 4) is 0 Å².